The van der Waals surface area contributed by atoms with Crippen molar-refractivity contribution in [3.63, 3.8) is 0 Å². The fourth-order valence-corrected chi connectivity index (χ4v) is 2.25. The van der Waals surface area contributed by atoms with E-state index in [1.807, 2.05) is 0 Å². The molecule has 0 aliphatic carbocycles. The number of nitrogens with zero attached hydrogens (tertiary/aromatic N) is 4. The van der Waals surface area contributed by atoms with Gasteiger partial charge in [0.25, 0.3) is 5.82 Å². The maximum atomic E-state index is 12.8. The number of halogens is 3. The number of fused-ring (bicyclic) bond motifs is 1. The summed E-state index contributed by atoms with van der Waals surface area (Å²) in [4.78, 5) is 0. The first-order valence-corrected chi connectivity index (χ1v) is 6.69. The van der Waals surface area contributed by atoms with Gasteiger partial charge >= 0.3 is 6.18 Å². The molecule has 1 atom stereocenters. The van der Waals surface area contributed by atoms with E-state index in [1.165, 1.54) is 6.07 Å². The molecular formula is C12H14F3N5O. The number of aromatic nitrogens is 4. The minimum atomic E-state index is -4.59. The van der Waals surface area contributed by atoms with Gasteiger partial charge in [-0.15, -0.1) is 15.3 Å². The van der Waals surface area contributed by atoms with Crippen molar-refractivity contribution in [3.8, 4) is 0 Å². The highest BCUT2D eigenvalue weighted by molar-refractivity contribution is 5.44. The molecule has 2 aromatic rings. The van der Waals surface area contributed by atoms with Crippen LogP contribution in [0.25, 0.3) is 5.65 Å². The summed E-state index contributed by atoms with van der Waals surface area (Å²) in [7, 11) is 0. The Kier molecular flexibility index (Phi) is 3.66. The second-order valence-corrected chi connectivity index (χ2v) is 4.88. The summed E-state index contributed by atoms with van der Waals surface area (Å²) in [6, 6.07) is 3.02. The molecule has 6 nitrogen and oxygen atoms in total. The smallest absolute Gasteiger partial charge is 0.376 e. The number of nitrogens with one attached hydrogen (secondary N) is 1. The highest BCUT2D eigenvalue weighted by atomic mass is 19.4. The maximum absolute atomic E-state index is 12.8. The van der Waals surface area contributed by atoms with Crippen molar-refractivity contribution >= 4 is 11.5 Å². The Hall–Kier alpha value is -1.90. The second-order valence-electron chi connectivity index (χ2n) is 4.88. The first kappa shape index (κ1) is 14.1. The molecule has 114 valence electrons. The summed E-state index contributed by atoms with van der Waals surface area (Å²) >= 11 is 0. The number of alkyl halides is 3. The fourth-order valence-electron chi connectivity index (χ4n) is 2.25. The molecule has 9 heteroatoms. The molecule has 1 unspecified atom stereocenters. The Bertz CT molecular complexity index is 621. The van der Waals surface area contributed by atoms with Crippen molar-refractivity contribution in [1.29, 1.82) is 0 Å². The molecule has 0 saturated carbocycles. The van der Waals surface area contributed by atoms with Crippen LogP contribution in [-0.4, -0.2) is 39.1 Å². The predicted molar refractivity (Wildman–Crippen MR) is 67.9 cm³/mol. The van der Waals surface area contributed by atoms with Crippen LogP contribution in [0.1, 0.15) is 25.1 Å². The Morgan fingerprint density at radius 1 is 1.29 bits per heavy atom. The zero-order valence-corrected chi connectivity index (χ0v) is 11.1. The van der Waals surface area contributed by atoms with Crippen LogP contribution < -0.4 is 5.32 Å². The second kappa shape index (κ2) is 5.47. The molecule has 3 rings (SSSR count). The van der Waals surface area contributed by atoms with E-state index in [0.29, 0.717) is 16.9 Å². The van der Waals surface area contributed by atoms with Crippen LogP contribution in [-0.2, 0) is 10.9 Å². The molecule has 0 spiro atoms. The molecule has 1 aliphatic rings. The molecule has 0 amide bonds. The largest absolute Gasteiger partial charge is 0.453 e. The number of ether oxygens (including phenoxy) is 1. The highest BCUT2D eigenvalue weighted by Crippen LogP contribution is 2.27. The molecule has 0 aromatic carbocycles. The van der Waals surface area contributed by atoms with E-state index in [0.717, 1.165) is 25.9 Å². The predicted octanol–water partition coefficient (Wildman–Crippen LogP) is 2.12. The summed E-state index contributed by atoms with van der Waals surface area (Å²) in [5.74, 6) is -0.794. The fraction of sp³-hybridized carbons (Fsp3) is 0.583. The van der Waals surface area contributed by atoms with Crippen LogP contribution in [0.3, 0.4) is 0 Å². The van der Waals surface area contributed by atoms with E-state index in [1.54, 1.807) is 6.07 Å². The van der Waals surface area contributed by atoms with Crippen LogP contribution in [0.4, 0.5) is 19.0 Å². The normalized spacial score (nSPS) is 19.9. The lowest BCUT2D eigenvalue weighted by Crippen LogP contribution is -2.27. The first-order valence-electron chi connectivity index (χ1n) is 6.69. The molecule has 0 radical (unpaired) electrons. The van der Waals surface area contributed by atoms with E-state index in [-0.39, 0.29) is 11.8 Å². The van der Waals surface area contributed by atoms with Gasteiger partial charge in [-0.3, -0.25) is 0 Å². The minimum Gasteiger partial charge on any atom is -0.376 e. The van der Waals surface area contributed by atoms with Gasteiger partial charge in [0.2, 0.25) is 0 Å². The summed E-state index contributed by atoms with van der Waals surface area (Å²) in [6.07, 6.45) is -1.43. The minimum absolute atomic E-state index is 0.0572. The summed E-state index contributed by atoms with van der Waals surface area (Å²) < 4.78 is 44.5. The number of hydrogen-bond donors (Lipinski definition) is 1. The van der Waals surface area contributed by atoms with Gasteiger partial charge in [0, 0.05) is 13.2 Å². The third-order valence-corrected chi connectivity index (χ3v) is 3.30. The van der Waals surface area contributed by atoms with Crippen molar-refractivity contribution in [2.75, 3.05) is 18.5 Å². The molecule has 21 heavy (non-hydrogen) atoms. The van der Waals surface area contributed by atoms with Crippen molar-refractivity contribution in [2.45, 2.75) is 31.5 Å². The Morgan fingerprint density at radius 2 is 2.14 bits per heavy atom. The number of anilines is 1. The van der Waals surface area contributed by atoms with Gasteiger partial charge in [-0.25, -0.2) is 0 Å². The quantitative estimate of drug-likeness (QED) is 0.941. The Balaban J connectivity index is 1.76. The number of rotatable bonds is 3. The molecule has 1 N–H and O–H groups in total. The zero-order valence-electron chi connectivity index (χ0n) is 11.1. The van der Waals surface area contributed by atoms with E-state index < -0.39 is 12.0 Å². The summed E-state index contributed by atoms with van der Waals surface area (Å²) in [5.41, 5.74) is 0.0572. The molecule has 3 heterocycles. The average Bonchev–Trinajstić information content (AvgIpc) is 2.89. The van der Waals surface area contributed by atoms with Crippen LogP contribution in [0.15, 0.2) is 12.1 Å². The lowest BCUT2D eigenvalue weighted by Gasteiger charge is -2.22. The van der Waals surface area contributed by atoms with Gasteiger partial charge in [0.05, 0.1) is 6.10 Å². The standard InChI is InChI=1S/C12H14F3N5O/c13-12(14,15)11-18-17-10-5-4-9(19-20(10)11)16-7-8-3-1-2-6-21-8/h4-5,8H,1-3,6-7H2,(H,16,19). The van der Waals surface area contributed by atoms with Gasteiger partial charge < -0.3 is 10.1 Å². The summed E-state index contributed by atoms with van der Waals surface area (Å²) in [5, 5.41) is 13.5. The first-order chi connectivity index (χ1) is 10.0. The van der Waals surface area contributed by atoms with Gasteiger partial charge in [0.15, 0.2) is 5.65 Å². The zero-order chi connectivity index (χ0) is 14.9. The molecule has 0 bridgehead atoms. The lowest BCUT2D eigenvalue weighted by atomic mass is 10.1. The topological polar surface area (TPSA) is 64.3 Å². The SMILES string of the molecule is FC(F)(F)c1nnc2ccc(NCC3CCCCO3)nn12. The van der Waals surface area contributed by atoms with Crippen LogP contribution in [0, 0.1) is 0 Å². The Morgan fingerprint density at radius 3 is 2.86 bits per heavy atom. The van der Waals surface area contributed by atoms with Crippen molar-refractivity contribution in [3.05, 3.63) is 18.0 Å². The van der Waals surface area contributed by atoms with Crippen molar-refractivity contribution in [2.24, 2.45) is 0 Å². The van der Waals surface area contributed by atoms with Gasteiger partial charge in [-0.05, 0) is 31.4 Å². The third-order valence-electron chi connectivity index (χ3n) is 3.30. The average molecular weight is 301 g/mol. The maximum Gasteiger partial charge on any atom is 0.453 e. The van der Waals surface area contributed by atoms with Crippen molar-refractivity contribution < 1.29 is 17.9 Å². The molecule has 1 aliphatic heterocycles. The Labute approximate surface area is 118 Å². The molecule has 2 aromatic heterocycles. The lowest BCUT2D eigenvalue weighted by molar-refractivity contribution is -0.146. The molecular weight excluding hydrogens is 287 g/mol. The van der Waals surface area contributed by atoms with E-state index in [9.17, 15) is 13.2 Å². The summed E-state index contributed by atoms with van der Waals surface area (Å²) in [6.45, 7) is 1.24. The van der Waals surface area contributed by atoms with E-state index in [2.05, 4.69) is 20.6 Å². The molecule has 1 fully saturated rings. The van der Waals surface area contributed by atoms with Gasteiger partial charge in [0.1, 0.15) is 5.82 Å². The van der Waals surface area contributed by atoms with Gasteiger partial charge in [-0.2, -0.15) is 17.7 Å². The number of hydrogen-bond acceptors (Lipinski definition) is 5. The van der Waals surface area contributed by atoms with E-state index in [4.69, 9.17) is 4.74 Å². The third kappa shape index (κ3) is 3.07. The monoisotopic (exact) mass is 301 g/mol. The van der Waals surface area contributed by atoms with Crippen LogP contribution >= 0.6 is 0 Å². The van der Waals surface area contributed by atoms with Gasteiger partial charge in [-0.1, -0.05) is 0 Å². The van der Waals surface area contributed by atoms with Crippen LogP contribution in [0.2, 0.25) is 0 Å². The van der Waals surface area contributed by atoms with Crippen LogP contribution in [0.5, 0.6) is 0 Å². The van der Waals surface area contributed by atoms with Crippen molar-refractivity contribution in [1.82, 2.24) is 19.8 Å². The highest BCUT2D eigenvalue weighted by Gasteiger charge is 2.37. The molecule has 1 saturated heterocycles. The van der Waals surface area contributed by atoms with E-state index >= 15 is 0 Å².